The Bertz CT molecular complexity index is 755. The van der Waals surface area contributed by atoms with Crippen LogP contribution in [0, 0.1) is 5.41 Å². The van der Waals surface area contributed by atoms with E-state index in [4.69, 9.17) is 26.3 Å². The lowest BCUT2D eigenvalue weighted by Crippen LogP contribution is -2.30. The molecule has 0 radical (unpaired) electrons. The van der Waals surface area contributed by atoms with Crippen LogP contribution < -0.4 is 10.8 Å². The van der Waals surface area contributed by atoms with Gasteiger partial charge >= 0.3 is 0 Å². The van der Waals surface area contributed by atoms with Gasteiger partial charge in [-0.05, 0) is 25.5 Å². The number of fused-ring (bicyclic) bond motifs is 1. The van der Waals surface area contributed by atoms with Crippen LogP contribution in [0.4, 0.5) is 4.39 Å². The summed E-state index contributed by atoms with van der Waals surface area (Å²) in [6.45, 7) is 5.05. The number of nitrogens with one attached hydrogen (secondary N) is 3. The van der Waals surface area contributed by atoms with E-state index in [-0.39, 0.29) is 11.7 Å². The maximum Gasteiger partial charge on any atom is 0.195 e. The number of hydrogen-bond donors (Lipinski definition) is 3. The molecule has 6 nitrogen and oxygen atoms in total. The first-order chi connectivity index (χ1) is 12.0. The van der Waals surface area contributed by atoms with Crippen LogP contribution in [0.25, 0.3) is 11.1 Å². The first-order valence-corrected chi connectivity index (χ1v) is 8.10. The van der Waals surface area contributed by atoms with Crippen LogP contribution in [0.15, 0.2) is 52.5 Å². The summed E-state index contributed by atoms with van der Waals surface area (Å²) in [5, 5.41) is 10.0. The first-order valence-electron chi connectivity index (χ1n) is 7.72. The molecule has 0 bridgehead atoms. The van der Waals surface area contributed by atoms with E-state index in [0.717, 1.165) is 11.1 Å². The fraction of sp³-hybridized carbons (Fsp3) is 0.294. The lowest BCUT2D eigenvalue weighted by Gasteiger charge is -2.15. The summed E-state index contributed by atoms with van der Waals surface area (Å²) in [5.41, 5.74) is 4.64. The van der Waals surface area contributed by atoms with Crippen molar-refractivity contribution < 1.29 is 13.6 Å². The number of hydrogen-bond acceptors (Lipinski definition) is 6. The van der Waals surface area contributed by atoms with Crippen LogP contribution in [0.2, 0.25) is 0 Å². The van der Waals surface area contributed by atoms with Crippen molar-refractivity contribution in [3.05, 3.63) is 54.0 Å². The second-order valence-corrected chi connectivity index (χ2v) is 5.69. The minimum atomic E-state index is -0.538. The first kappa shape index (κ1) is 19.0. The van der Waals surface area contributed by atoms with Crippen LogP contribution in [0.3, 0.4) is 0 Å². The third-order valence-corrected chi connectivity index (χ3v) is 3.59. The number of allylic oxidation sites excluding steroid dienone is 1. The number of rotatable bonds is 10. The average Bonchev–Trinajstić information content (AvgIpc) is 2.99. The molecule has 134 valence electrons. The Kier molecular flexibility index (Phi) is 6.97. The van der Waals surface area contributed by atoms with E-state index >= 15 is 0 Å². The van der Waals surface area contributed by atoms with Gasteiger partial charge in [0, 0.05) is 12.0 Å². The molecule has 1 aromatic heterocycles. The summed E-state index contributed by atoms with van der Waals surface area (Å²) in [7, 11) is 0. The van der Waals surface area contributed by atoms with Gasteiger partial charge in [-0.25, -0.2) is 9.37 Å². The summed E-state index contributed by atoms with van der Waals surface area (Å²) in [6.07, 6.45) is 1.29. The summed E-state index contributed by atoms with van der Waals surface area (Å²) in [6, 6.07) is 7.57. The van der Waals surface area contributed by atoms with E-state index in [1.807, 2.05) is 24.3 Å². The molecule has 25 heavy (non-hydrogen) atoms. The highest BCUT2D eigenvalue weighted by atomic mass is 35.5. The Morgan fingerprint density at radius 1 is 1.44 bits per heavy atom. The molecule has 0 atom stereocenters. The van der Waals surface area contributed by atoms with Gasteiger partial charge in [-0.15, -0.1) is 0 Å². The van der Waals surface area contributed by atoms with Crippen molar-refractivity contribution in [2.45, 2.75) is 19.8 Å². The molecule has 0 saturated heterocycles. The summed E-state index contributed by atoms with van der Waals surface area (Å²) in [5.74, 6) is 0.427. The molecule has 3 N–H and O–H groups in total. The van der Waals surface area contributed by atoms with Crippen molar-refractivity contribution in [2.75, 3.05) is 13.2 Å². The van der Waals surface area contributed by atoms with Crippen molar-refractivity contribution in [2.24, 2.45) is 0 Å². The Labute approximate surface area is 150 Å². The maximum absolute atomic E-state index is 12.8. The van der Waals surface area contributed by atoms with E-state index in [1.165, 1.54) is 0 Å². The van der Waals surface area contributed by atoms with Crippen molar-refractivity contribution in [1.82, 2.24) is 15.8 Å². The molecule has 1 aromatic carbocycles. The van der Waals surface area contributed by atoms with Gasteiger partial charge in [0.05, 0.1) is 13.2 Å². The van der Waals surface area contributed by atoms with Crippen molar-refractivity contribution in [3.8, 4) is 0 Å². The molecule has 0 aliphatic carbocycles. The summed E-state index contributed by atoms with van der Waals surface area (Å²) < 4.78 is 18.4. The predicted molar refractivity (Wildman–Crippen MR) is 95.9 cm³/mol. The van der Waals surface area contributed by atoms with E-state index in [0.29, 0.717) is 36.7 Å². The zero-order valence-electron chi connectivity index (χ0n) is 13.9. The quantitative estimate of drug-likeness (QED) is 0.338. The molecular weight excluding hydrogens is 347 g/mol. The highest BCUT2D eigenvalue weighted by Gasteiger charge is 2.08. The molecule has 0 aliphatic rings. The zero-order valence-corrected chi connectivity index (χ0v) is 14.6. The SMILES string of the molecule is C=C(F)CN/C(NOCCCc1nc2ccccc2o1)=C(\C)C(=N)Cl. The Balaban J connectivity index is 1.80. The minimum Gasteiger partial charge on any atom is -0.441 e. The van der Waals surface area contributed by atoms with E-state index in [9.17, 15) is 4.39 Å². The number of halogens is 2. The van der Waals surface area contributed by atoms with E-state index in [2.05, 4.69) is 22.4 Å². The molecule has 2 rings (SSSR count). The zero-order chi connectivity index (χ0) is 18.2. The van der Waals surface area contributed by atoms with Gasteiger partial charge in [0.1, 0.15) is 22.3 Å². The molecule has 0 saturated carbocycles. The number of aromatic nitrogens is 1. The largest absolute Gasteiger partial charge is 0.441 e. The number of aryl methyl sites for hydroxylation is 1. The van der Waals surface area contributed by atoms with Crippen molar-refractivity contribution in [3.63, 3.8) is 0 Å². The average molecular weight is 367 g/mol. The number of nitrogens with zero attached hydrogens (tertiary/aromatic N) is 1. The molecule has 0 fully saturated rings. The predicted octanol–water partition coefficient (Wildman–Crippen LogP) is 3.80. The molecular formula is C17H20ClFN4O2. The van der Waals surface area contributed by atoms with Crippen molar-refractivity contribution in [1.29, 1.82) is 5.41 Å². The van der Waals surface area contributed by atoms with Gasteiger partial charge in [-0.2, -0.15) is 0 Å². The normalized spacial score (nSPS) is 12.0. The van der Waals surface area contributed by atoms with Crippen LogP contribution in [0.1, 0.15) is 19.2 Å². The monoisotopic (exact) mass is 366 g/mol. The number of para-hydroxylation sites is 2. The van der Waals surface area contributed by atoms with E-state index in [1.54, 1.807) is 6.92 Å². The molecule has 0 spiro atoms. The third kappa shape index (κ3) is 5.88. The second kappa shape index (κ2) is 9.19. The molecule has 2 aromatic rings. The van der Waals surface area contributed by atoms with Gasteiger partial charge in [-0.1, -0.05) is 30.3 Å². The van der Waals surface area contributed by atoms with Gasteiger partial charge in [0.15, 0.2) is 11.5 Å². The highest BCUT2D eigenvalue weighted by Crippen LogP contribution is 2.15. The number of oxazole rings is 1. The Morgan fingerprint density at radius 3 is 2.88 bits per heavy atom. The molecule has 0 unspecified atom stereocenters. The van der Waals surface area contributed by atoms with Gasteiger partial charge in [0.2, 0.25) is 0 Å². The number of benzene rings is 1. The molecule has 8 heteroatoms. The highest BCUT2D eigenvalue weighted by molar-refractivity contribution is 6.68. The van der Waals surface area contributed by atoms with Gasteiger partial charge < -0.3 is 9.73 Å². The van der Waals surface area contributed by atoms with Crippen LogP contribution in [-0.2, 0) is 11.3 Å². The second-order valence-electron chi connectivity index (χ2n) is 5.31. The Morgan fingerprint density at radius 2 is 2.20 bits per heavy atom. The minimum absolute atomic E-state index is 0.101. The fourth-order valence-electron chi connectivity index (χ4n) is 1.98. The van der Waals surface area contributed by atoms with Gasteiger partial charge in [-0.3, -0.25) is 15.7 Å². The molecule has 1 heterocycles. The van der Waals surface area contributed by atoms with Crippen LogP contribution in [-0.4, -0.2) is 23.3 Å². The Hall–Kier alpha value is -2.38. The van der Waals surface area contributed by atoms with Crippen molar-refractivity contribution >= 4 is 27.9 Å². The smallest absolute Gasteiger partial charge is 0.195 e. The third-order valence-electron chi connectivity index (χ3n) is 3.31. The van der Waals surface area contributed by atoms with Crippen LogP contribution in [0.5, 0.6) is 0 Å². The lowest BCUT2D eigenvalue weighted by atomic mass is 10.3. The summed E-state index contributed by atoms with van der Waals surface area (Å²) >= 11 is 5.65. The molecule has 0 amide bonds. The standard InChI is InChI=1S/C17H20ClFN4O2/c1-11(19)10-21-17(12(2)16(18)20)23-24-9-5-8-15-22-13-6-3-4-7-14(13)25-15/h3-4,6-7,20-21,23H,1,5,8-10H2,2H3/b17-12-,20-16?. The lowest BCUT2D eigenvalue weighted by molar-refractivity contribution is 0.0553. The summed E-state index contributed by atoms with van der Waals surface area (Å²) in [4.78, 5) is 9.73. The van der Waals surface area contributed by atoms with E-state index < -0.39 is 5.83 Å². The molecule has 0 aliphatic heterocycles. The van der Waals surface area contributed by atoms with Crippen LogP contribution >= 0.6 is 11.6 Å². The fourth-order valence-corrected chi connectivity index (χ4v) is 2.08. The topological polar surface area (TPSA) is 83.2 Å². The number of hydroxylamine groups is 1. The maximum atomic E-state index is 12.8. The van der Waals surface area contributed by atoms with Gasteiger partial charge in [0.25, 0.3) is 0 Å².